The fourth-order valence-corrected chi connectivity index (χ4v) is 4.33. The van der Waals surface area contributed by atoms with E-state index in [1.165, 1.54) is 23.3 Å². The number of aromatic carboxylic acids is 1. The highest BCUT2D eigenvalue weighted by Crippen LogP contribution is 2.20. The lowest BCUT2D eigenvalue weighted by Crippen LogP contribution is -2.46. The van der Waals surface area contributed by atoms with Crippen LogP contribution in [0.2, 0.25) is 0 Å². The van der Waals surface area contributed by atoms with Crippen LogP contribution in [-0.2, 0) is 19.6 Å². The van der Waals surface area contributed by atoms with Crippen molar-refractivity contribution in [1.29, 1.82) is 0 Å². The number of piperazine rings is 1. The van der Waals surface area contributed by atoms with Crippen molar-refractivity contribution in [2.75, 3.05) is 37.6 Å². The Morgan fingerprint density at radius 2 is 1.53 bits per heavy atom. The topological polar surface area (TPSA) is 59.9 Å². The number of rotatable bonds is 9. The maximum absolute atomic E-state index is 13.2. The van der Waals surface area contributed by atoms with Crippen LogP contribution in [0.4, 0.5) is 10.2 Å². The van der Waals surface area contributed by atoms with Gasteiger partial charge in [-0.15, -0.1) is 0 Å². The molecule has 2 heterocycles. The van der Waals surface area contributed by atoms with E-state index in [1.54, 1.807) is 18.3 Å². The van der Waals surface area contributed by atoms with Crippen LogP contribution in [0, 0.1) is 5.82 Å². The van der Waals surface area contributed by atoms with Crippen LogP contribution in [0.5, 0.6) is 0 Å². The Kier molecular flexibility index (Phi) is 7.87. The summed E-state index contributed by atoms with van der Waals surface area (Å²) in [7, 11) is 0. The molecule has 3 aromatic rings. The Balaban J connectivity index is 1.28. The molecule has 0 amide bonds. The maximum atomic E-state index is 13.2. The number of carboxylic acid groups (broad SMARTS) is 1. The van der Waals surface area contributed by atoms with Crippen molar-refractivity contribution in [3.05, 3.63) is 94.9 Å². The van der Waals surface area contributed by atoms with Crippen LogP contribution in [0.1, 0.15) is 34.0 Å². The Morgan fingerprint density at radius 3 is 2.12 bits per heavy atom. The number of hydrogen-bond acceptors (Lipinski definition) is 5. The molecule has 6 nitrogen and oxygen atoms in total. The van der Waals surface area contributed by atoms with Crippen molar-refractivity contribution in [2.24, 2.45) is 0 Å². The van der Waals surface area contributed by atoms with Crippen LogP contribution in [-0.4, -0.2) is 58.6 Å². The first kappa shape index (κ1) is 23.9. The molecule has 178 valence electrons. The fourth-order valence-electron chi connectivity index (χ4n) is 4.33. The predicted octanol–water partition coefficient (Wildman–Crippen LogP) is 4.26. The van der Waals surface area contributed by atoms with E-state index >= 15 is 0 Å². The Labute approximate surface area is 200 Å². The van der Waals surface area contributed by atoms with E-state index in [9.17, 15) is 14.3 Å². The van der Waals surface area contributed by atoms with Gasteiger partial charge in [-0.05, 0) is 47.5 Å². The third kappa shape index (κ3) is 6.18. The van der Waals surface area contributed by atoms with Crippen LogP contribution >= 0.6 is 0 Å². The van der Waals surface area contributed by atoms with Gasteiger partial charge in [0, 0.05) is 52.0 Å². The smallest absolute Gasteiger partial charge is 0.339 e. The molecular weight excluding hydrogens is 431 g/mol. The average molecular weight is 463 g/mol. The Morgan fingerprint density at radius 1 is 0.941 bits per heavy atom. The van der Waals surface area contributed by atoms with Crippen LogP contribution in [0.3, 0.4) is 0 Å². The molecule has 1 aliphatic rings. The van der Waals surface area contributed by atoms with Crippen LogP contribution in [0.25, 0.3) is 0 Å². The van der Waals surface area contributed by atoms with E-state index < -0.39 is 5.97 Å². The Bertz CT molecular complexity index is 1080. The fraction of sp³-hybridized carbons (Fsp3) is 0.333. The number of nitrogens with zero attached hydrogens (tertiary/aromatic N) is 4. The van der Waals surface area contributed by atoms with Gasteiger partial charge in [0.15, 0.2) is 0 Å². The largest absolute Gasteiger partial charge is 0.478 e. The molecule has 7 heteroatoms. The summed E-state index contributed by atoms with van der Waals surface area (Å²) in [5.41, 5.74) is 3.89. The maximum Gasteiger partial charge on any atom is 0.339 e. The van der Waals surface area contributed by atoms with E-state index in [0.29, 0.717) is 5.82 Å². The molecule has 0 unspecified atom stereocenters. The molecule has 0 radical (unpaired) electrons. The quantitative estimate of drug-likeness (QED) is 0.513. The number of hydrogen-bond donors (Lipinski definition) is 1. The number of carbonyl (C=O) groups is 1. The SMILES string of the molecule is CCN(Cc1ccc(F)cc1)Cc1ccc(CN2CCN(c3ncccc3C(=O)O)CC2)cc1. The summed E-state index contributed by atoms with van der Waals surface area (Å²) in [6.45, 7) is 8.80. The number of halogens is 1. The number of carboxylic acids is 1. The molecule has 4 rings (SSSR count). The molecule has 1 fully saturated rings. The van der Waals surface area contributed by atoms with Gasteiger partial charge >= 0.3 is 5.97 Å². The van der Waals surface area contributed by atoms with Crippen molar-refractivity contribution in [1.82, 2.24) is 14.8 Å². The molecule has 0 saturated carbocycles. The van der Waals surface area contributed by atoms with Gasteiger partial charge in [-0.1, -0.05) is 43.3 Å². The minimum absolute atomic E-state index is 0.203. The first-order valence-electron chi connectivity index (χ1n) is 11.7. The summed E-state index contributed by atoms with van der Waals surface area (Å²) in [4.78, 5) is 22.6. The third-order valence-corrected chi connectivity index (χ3v) is 6.29. The highest BCUT2D eigenvalue weighted by atomic mass is 19.1. The van der Waals surface area contributed by atoms with Gasteiger partial charge in [-0.25, -0.2) is 14.2 Å². The predicted molar refractivity (Wildman–Crippen MR) is 131 cm³/mol. The summed E-state index contributed by atoms with van der Waals surface area (Å²) in [5.74, 6) is -0.587. The van der Waals surface area contributed by atoms with E-state index in [0.717, 1.165) is 57.9 Å². The monoisotopic (exact) mass is 462 g/mol. The minimum atomic E-state index is -0.940. The molecule has 1 saturated heterocycles. The molecule has 1 aliphatic heterocycles. The first-order chi connectivity index (χ1) is 16.5. The second kappa shape index (κ2) is 11.2. The second-order valence-electron chi connectivity index (χ2n) is 8.69. The van der Waals surface area contributed by atoms with Gasteiger partial charge < -0.3 is 10.0 Å². The van der Waals surface area contributed by atoms with Gasteiger partial charge in [0.1, 0.15) is 17.2 Å². The molecular formula is C27H31FN4O2. The number of pyridine rings is 1. The van der Waals surface area contributed by atoms with Gasteiger partial charge in [0.2, 0.25) is 0 Å². The summed E-state index contributed by atoms with van der Waals surface area (Å²) >= 11 is 0. The lowest BCUT2D eigenvalue weighted by molar-refractivity contribution is 0.0697. The van der Waals surface area contributed by atoms with Crippen molar-refractivity contribution >= 4 is 11.8 Å². The number of benzene rings is 2. The second-order valence-corrected chi connectivity index (χ2v) is 8.69. The van der Waals surface area contributed by atoms with Gasteiger partial charge in [0.25, 0.3) is 0 Å². The molecule has 0 atom stereocenters. The zero-order valence-corrected chi connectivity index (χ0v) is 19.5. The van der Waals surface area contributed by atoms with E-state index in [-0.39, 0.29) is 11.4 Å². The minimum Gasteiger partial charge on any atom is -0.478 e. The normalized spacial score (nSPS) is 14.5. The average Bonchev–Trinajstić information content (AvgIpc) is 2.86. The molecule has 0 bridgehead atoms. The van der Waals surface area contributed by atoms with E-state index in [4.69, 9.17) is 0 Å². The standard InChI is InChI=1S/C27H31FN4O2/c1-2-30(19-23-9-11-24(28)12-10-23)18-21-5-7-22(8-6-21)20-31-14-16-32(17-15-31)26-25(27(33)34)4-3-13-29-26/h3-13H,2,14-20H2,1H3,(H,33,34). The summed E-state index contributed by atoms with van der Waals surface area (Å²) in [6.07, 6.45) is 1.65. The van der Waals surface area contributed by atoms with Gasteiger partial charge in [-0.3, -0.25) is 9.80 Å². The lowest BCUT2D eigenvalue weighted by Gasteiger charge is -2.35. The molecule has 2 aromatic carbocycles. The number of aromatic nitrogens is 1. The van der Waals surface area contributed by atoms with Crippen molar-refractivity contribution in [3.63, 3.8) is 0 Å². The molecule has 34 heavy (non-hydrogen) atoms. The summed E-state index contributed by atoms with van der Waals surface area (Å²) in [5, 5.41) is 9.43. The molecule has 0 aliphatic carbocycles. The summed E-state index contributed by atoms with van der Waals surface area (Å²) in [6, 6.07) is 18.7. The van der Waals surface area contributed by atoms with Crippen molar-refractivity contribution in [3.8, 4) is 0 Å². The highest BCUT2D eigenvalue weighted by molar-refractivity contribution is 5.93. The van der Waals surface area contributed by atoms with Crippen LogP contribution in [0.15, 0.2) is 66.9 Å². The first-order valence-corrected chi connectivity index (χ1v) is 11.7. The van der Waals surface area contributed by atoms with E-state index in [2.05, 4.69) is 50.9 Å². The number of anilines is 1. The van der Waals surface area contributed by atoms with Gasteiger partial charge in [0.05, 0.1) is 0 Å². The molecule has 1 aromatic heterocycles. The van der Waals surface area contributed by atoms with Crippen molar-refractivity contribution in [2.45, 2.75) is 26.6 Å². The zero-order valence-electron chi connectivity index (χ0n) is 19.5. The zero-order chi connectivity index (χ0) is 23.9. The van der Waals surface area contributed by atoms with Crippen LogP contribution < -0.4 is 4.90 Å². The Hall–Kier alpha value is -3.29. The lowest BCUT2D eigenvalue weighted by atomic mass is 10.1. The van der Waals surface area contributed by atoms with Crippen molar-refractivity contribution < 1.29 is 14.3 Å². The highest BCUT2D eigenvalue weighted by Gasteiger charge is 2.22. The molecule has 1 N–H and O–H groups in total. The third-order valence-electron chi connectivity index (χ3n) is 6.29. The van der Waals surface area contributed by atoms with E-state index in [1.807, 2.05) is 12.1 Å². The van der Waals surface area contributed by atoms with Gasteiger partial charge in [-0.2, -0.15) is 0 Å². The summed E-state index contributed by atoms with van der Waals surface area (Å²) < 4.78 is 13.2. The molecule has 0 spiro atoms.